The molecule has 0 saturated heterocycles. The molecule has 0 aliphatic rings. The van der Waals surface area contributed by atoms with E-state index in [1.807, 2.05) is 0 Å². The van der Waals surface area contributed by atoms with Crippen molar-refractivity contribution in [3.05, 3.63) is 46.7 Å². The van der Waals surface area contributed by atoms with Gasteiger partial charge in [0.05, 0.1) is 5.75 Å². The van der Waals surface area contributed by atoms with Gasteiger partial charge in [0, 0.05) is 16.6 Å². The molecule has 0 spiro atoms. The lowest BCUT2D eigenvalue weighted by atomic mass is 10.3. The number of carbonyl (C=O) groups excluding carboxylic acids is 1. The first-order valence-corrected chi connectivity index (χ1v) is 9.05. The van der Waals surface area contributed by atoms with E-state index in [0.29, 0.717) is 26.9 Å². The smallest absolute Gasteiger partial charge is 0.236 e. The number of thiazole rings is 1. The van der Waals surface area contributed by atoms with Crippen molar-refractivity contribution in [3.8, 4) is 5.75 Å². The van der Waals surface area contributed by atoms with E-state index < -0.39 is 0 Å². The largest absolute Gasteiger partial charge is 0.486 e. The molecule has 2 aromatic heterocycles. The monoisotopic (exact) mass is 381 g/mol. The van der Waals surface area contributed by atoms with E-state index >= 15 is 0 Å². The molecule has 0 unspecified atom stereocenters. The molecule has 0 atom stereocenters. The van der Waals surface area contributed by atoms with E-state index in [-0.39, 0.29) is 18.3 Å². The molecule has 2 heterocycles. The predicted octanol–water partition coefficient (Wildman–Crippen LogP) is 3.22. The van der Waals surface area contributed by atoms with E-state index in [0.717, 1.165) is 0 Å². The molecule has 1 aromatic carbocycles. The molecular weight excluding hydrogens is 370 g/mol. The number of hydrogen-bond donors (Lipinski definition) is 2. The van der Waals surface area contributed by atoms with Gasteiger partial charge in [0.1, 0.15) is 12.4 Å². The van der Waals surface area contributed by atoms with Crippen LogP contribution in [0.4, 0.5) is 5.13 Å². The lowest BCUT2D eigenvalue weighted by molar-refractivity contribution is -0.113. The minimum atomic E-state index is -0.154. The van der Waals surface area contributed by atoms with Crippen molar-refractivity contribution in [1.82, 2.24) is 20.2 Å². The van der Waals surface area contributed by atoms with Crippen LogP contribution in [0.15, 0.2) is 41.0 Å². The number of aromatic amines is 1. The Morgan fingerprint density at radius 2 is 2.21 bits per heavy atom. The van der Waals surface area contributed by atoms with Crippen molar-refractivity contribution in [2.24, 2.45) is 0 Å². The molecule has 0 fully saturated rings. The molecule has 7 nitrogen and oxygen atoms in total. The summed E-state index contributed by atoms with van der Waals surface area (Å²) >= 11 is 8.42. The lowest BCUT2D eigenvalue weighted by Crippen LogP contribution is -2.13. The van der Waals surface area contributed by atoms with Gasteiger partial charge in [0.2, 0.25) is 11.1 Å². The van der Waals surface area contributed by atoms with Gasteiger partial charge in [0.15, 0.2) is 11.0 Å². The van der Waals surface area contributed by atoms with Crippen LogP contribution in [0.1, 0.15) is 5.82 Å². The first-order valence-electron chi connectivity index (χ1n) is 6.81. The van der Waals surface area contributed by atoms with Crippen LogP contribution >= 0.6 is 34.7 Å². The molecule has 0 radical (unpaired) electrons. The number of benzene rings is 1. The van der Waals surface area contributed by atoms with Crippen LogP contribution in [-0.4, -0.2) is 31.8 Å². The predicted molar refractivity (Wildman–Crippen MR) is 93.6 cm³/mol. The summed E-state index contributed by atoms with van der Waals surface area (Å²) in [6.07, 6.45) is 1.63. The first kappa shape index (κ1) is 16.7. The number of nitrogens with zero attached hydrogens (tertiary/aromatic N) is 3. The molecule has 1 amide bonds. The zero-order valence-electron chi connectivity index (χ0n) is 12.2. The second-order valence-electron chi connectivity index (χ2n) is 4.48. The van der Waals surface area contributed by atoms with Crippen LogP contribution in [0, 0.1) is 0 Å². The van der Waals surface area contributed by atoms with E-state index in [1.54, 1.807) is 35.8 Å². The number of anilines is 1. The average molecular weight is 382 g/mol. The number of hydrogen-bond acceptors (Lipinski definition) is 7. The number of halogens is 1. The fraction of sp³-hybridized carbons (Fsp3) is 0.143. The van der Waals surface area contributed by atoms with Gasteiger partial charge >= 0.3 is 0 Å². The fourth-order valence-corrected chi connectivity index (χ4v) is 2.95. The van der Waals surface area contributed by atoms with Crippen LogP contribution in [0.2, 0.25) is 5.02 Å². The molecule has 0 aliphatic carbocycles. The molecule has 0 saturated carbocycles. The van der Waals surface area contributed by atoms with Crippen molar-refractivity contribution in [3.63, 3.8) is 0 Å². The maximum atomic E-state index is 11.8. The number of aromatic nitrogens is 4. The normalized spacial score (nSPS) is 10.5. The van der Waals surface area contributed by atoms with Crippen molar-refractivity contribution < 1.29 is 9.53 Å². The van der Waals surface area contributed by atoms with Crippen LogP contribution in [0.25, 0.3) is 0 Å². The Hall–Kier alpha value is -2.10. The third kappa shape index (κ3) is 4.95. The van der Waals surface area contributed by atoms with Gasteiger partial charge < -0.3 is 10.1 Å². The third-order valence-electron chi connectivity index (χ3n) is 2.71. The zero-order valence-corrected chi connectivity index (χ0v) is 14.6. The zero-order chi connectivity index (χ0) is 16.8. The number of nitrogens with one attached hydrogen (secondary N) is 2. The molecule has 124 valence electrons. The van der Waals surface area contributed by atoms with Crippen LogP contribution in [-0.2, 0) is 11.4 Å². The summed E-state index contributed by atoms with van der Waals surface area (Å²) in [7, 11) is 0. The SMILES string of the molecule is O=C(CSc1n[nH]c(COc2ccc(Cl)cc2)n1)Nc1nccs1. The number of carbonyl (C=O) groups is 1. The van der Waals surface area contributed by atoms with E-state index in [9.17, 15) is 4.79 Å². The second kappa shape index (κ2) is 8.13. The summed E-state index contributed by atoms with van der Waals surface area (Å²) < 4.78 is 5.57. The summed E-state index contributed by atoms with van der Waals surface area (Å²) in [5.41, 5.74) is 0. The molecule has 3 rings (SSSR count). The summed E-state index contributed by atoms with van der Waals surface area (Å²) in [5, 5.41) is 13.0. The summed E-state index contributed by atoms with van der Waals surface area (Å²) in [6.45, 7) is 0.251. The number of amides is 1. The second-order valence-corrected chi connectivity index (χ2v) is 6.75. The number of thioether (sulfide) groups is 1. The van der Waals surface area contributed by atoms with Gasteiger partial charge in [-0.15, -0.1) is 16.4 Å². The fourth-order valence-electron chi connectivity index (χ4n) is 1.66. The van der Waals surface area contributed by atoms with Crippen molar-refractivity contribution >= 4 is 45.7 Å². The standard InChI is InChI=1S/C14H12ClN5O2S2/c15-9-1-3-10(4-2-9)22-7-11-17-14(20-19-11)24-8-12(21)18-13-16-5-6-23-13/h1-6H,7-8H2,(H,16,18,21)(H,17,19,20). The first-order chi connectivity index (χ1) is 11.7. The molecule has 0 aliphatic heterocycles. The van der Waals surface area contributed by atoms with Crippen molar-refractivity contribution in [2.45, 2.75) is 11.8 Å². The maximum absolute atomic E-state index is 11.8. The minimum Gasteiger partial charge on any atom is -0.486 e. The maximum Gasteiger partial charge on any atom is 0.236 e. The Bertz CT molecular complexity index is 792. The molecule has 0 bridgehead atoms. The van der Waals surface area contributed by atoms with Crippen LogP contribution in [0.3, 0.4) is 0 Å². The quantitative estimate of drug-likeness (QED) is 0.610. The molecule has 10 heteroatoms. The molecule has 24 heavy (non-hydrogen) atoms. The summed E-state index contributed by atoms with van der Waals surface area (Å²) in [5.74, 6) is 1.31. The summed E-state index contributed by atoms with van der Waals surface area (Å²) in [4.78, 5) is 20.0. The number of ether oxygens (including phenoxy) is 1. The molecule has 2 N–H and O–H groups in total. The van der Waals surface area contributed by atoms with Crippen LogP contribution < -0.4 is 10.1 Å². The minimum absolute atomic E-state index is 0.154. The van der Waals surface area contributed by atoms with Crippen molar-refractivity contribution in [1.29, 1.82) is 0 Å². The van der Waals surface area contributed by atoms with Gasteiger partial charge in [-0.1, -0.05) is 23.4 Å². The van der Waals surface area contributed by atoms with Gasteiger partial charge in [0.25, 0.3) is 0 Å². The van der Waals surface area contributed by atoms with Gasteiger partial charge in [-0.2, -0.15) is 0 Å². The number of rotatable bonds is 7. The topological polar surface area (TPSA) is 92.8 Å². The Morgan fingerprint density at radius 3 is 2.96 bits per heavy atom. The van der Waals surface area contributed by atoms with E-state index in [4.69, 9.17) is 16.3 Å². The Morgan fingerprint density at radius 1 is 1.38 bits per heavy atom. The highest BCUT2D eigenvalue weighted by Gasteiger charge is 2.09. The Balaban J connectivity index is 1.45. The van der Waals surface area contributed by atoms with Crippen molar-refractivity contribution in [2.75, 3.05) is 11.1 Å². The highest BCUT2D eigenvalue weighted by Crippen LogP contribution is 2.18. The highest BCUT2D eigenvalue weighted by atomic mass is 35.5. The van der Waals surface area contributed by atoms with Gasteiger partial charge in [-0.25, -0.2) is 9.97 Å². The highest BCUT2D eigenvalue weighted by molar-refractivity contribution is 7.99. The summed E-state index contributed by atoms with van der Waals surface area (Å²) in [6, 6.07) is 7.05. The lowest BCUT2D eigenvalue weighted by Gasteiger charge is -2.03. The van der Waals surface area contributed by atoms with Gasteiger partial charge in [-0.05, 0) is 24.3 Å². The average Bonchev–Trinajstić information content (AvgIpc) is 3.24. The van der Waals surface area contributed by atoms with Crippen LogP contribution in [0.5, 0.6) is 5.75 Å². The number of H-pyrrole nitrogens is 1. The van der Waals surface area contributed by atoms with Gasteiger partial charge in [-0.3, -0.25) is 9.89 Å². The van der Waals surface area contributed by atoms with E-state index in [1.165, 1.54) is 23.1 Å². The molecule has 3 aromatic rings. The van der Waals surface area contributed by atoms with E-state index in [2.05, 4.69) is 25.5 Å². The third-order valence-corrected chi connectivity index (χ3v) is 4.50. The Labute approximate surface area is 150 Å². The Kier molecular flexibility index (Phi) is 5.68. The molecular formula is C14H12ClN5O2S2.